The number of thiocarbonyl (C=S) groups is 1. The summed E-state index contributed by atoms with van der Waals surface area (Å²) in [6.07, 6.45) is 4.87. The minimum absolute atomic E-state index is 0.267. The topological polar surface area (TPSA) is 24.1 Å². The van der Waals surface area contributed by atoms with Gasteiger partial charge in [-0.05, 0) is 59.2 Å². The van der Waals surface area contributed by atoms with Gasteiger partial charge in [-0.2, -0.15) is 0 Å². The number of benzene rings is 1. The third kappa shape index (κ3) is 3.64. The molecule has 0 heterocycles. The summed E-state index contributed by atoms with van der Waals surface area (Å²) in [5.41, 5.74) is 0.780. The first-order valence-corrected chi connectivity index (χ1v) is 6.88. The van der Waals surface area contributed by atoms with E-state index in [-0.39, 0.29) is 5.82 Å². The zero-order valence-corrected chi connectivity index (χ0v) is 11.7. The van der Waals surface area contributed by atoms with Crippen LogP contribution in [0.4, 0.5) is 10.1 Å². The number of nitrogens with one attached hydrogen (secondary N) is 2. The molecule has 2 rings (SSSR count). The van der Waals surface area contributed by atoms with Crippen LogP contribution in [0.3, 0.4) is 0 Å². The molecule has 0 amide bonds. The lowest BCUT2D eigenvalue weighted by Gasteiger charge is -2.16. The molecule has 0 atom stereocenters. The summed E-state index contributed by atoms with van der Waals surface area (Å²) in [5, 5.41) is 6.95. The molecule has 0 aromatic heterocycles. The lowest BCUT2D eigenvalue weighted by atomic mass is 10.2. The maximum Gasteiger partial charge on any atom is 0.171 e. The van der Waals surface area contributed by atoms with E-state index < -0.39 is 0 Å². The van der Waals surface area contributed by atoms with Crippen molar-refractivity contribution in [3.8, 4) is 0 Å². The highest BCUT2D eigenvalue weighted by Gasteiger charge is 2.15. The van der Waals surface area contributed by atoms with E-state index in [4.69, 9.17) is 12.2 Å². The summed E-state index contributed by atoms with van der Waals surface area (Å²) in [5.74, 6) is -0.267. The Morgan fingerprint density at radius 3 is 2.71 bits per heavy atom. The van der Waals surface area contributed by atoms with Gasteiger partial charge in [0.15, 0.2) is 5.11 Å². The molecule has 1 saturated carbocycles. The molecule has 0 unspecified atom stereocenters. The van der Waals surface area contributed by atoms with Crippen molar-refractivity contribution in [3.05, 3.63) is 28.5 Å². The Labute approximate surface area is 114 Å². The van der Waals surface area contributed by atoms with Gasteiger partial charge in [-0.15, -0.1) is 0 Å². The van der Waals surface area contributed by atoms with Gasteiger partial charge in [0.2, 0.25) is 0 Å². The van der Waals surface area contributed by atoms with Gasteiger partial charge in [0.05, 0.1) is 5.69 Å². The fourth-order valence-corrected chi connectivity index (χ4v) is 2.73. The highest BCUT2D eigenvalue weighted by Crippen LogP contribution is 2.23. The maximum atomic E-state index is 12.9. The van der Waals surface area contributed by atoms with Crippen molar-refractivity contribution in [2.24, 2.45) is 0 Å². The van der Waals surface area contributed by atoms with Crippen LogP contribution in [0.2, 0.25) is 0 Å². The Kier molecular flexibility index (Phi) is 4.34. The maximum absolute atomic E-state index is 12.9. The molecule has 2 N–H and O–H groups in total. The molecular weight excluding hydrogens is 303 g/mol. The van der Waals surface area contributed by atoms with Crippen molar-refractivity contribution in [3.63, 3.8) is 0 Å². The summed E-state index contributed by atoms with van der Waals surface area (Å²) in [6, 6.07) is 4.97. The van der Waals surface area contributed by atoms with Crippen LogP contribution in [0.5, 0.6) is 0 Å². The molecule has 0 bridgehead atoms. The van der Waals surface area contributed by atoms with E-state index in [1.807, 2.05) is 0 Å². The van der Waals surface area contributed by atoms with E-state index in [0.717, 1.165) is 5.69 Å². The lowest BCUT2D eigenvalue weighted by molar-refractivity contribution is 0.627. The van der Waals surface area contributed by atoms with Crippen LogP contribution in [-0.4, -0.2) is 11.2 Å². The average Bonchev–Trinajstić information content (AvgIpc) is 2.75. The van der Waals surface area contributed by atoms with Gasteiger partial charge in [-0.1, -0.05) is 12.8 Å². The molecule has 5 heteroatoms. The third-order valence-corrected chi connectivity index (χ3v) is 3.75. The summed E-state index contributed by atoms with van der Waals surface area (Å²) in [7, 11) is 0. The van der Waals surface area contributed by atoms with E-state index in [9.17, 15) is 4.39 Å². The van der Waals surface area contributed by atoms with Gasteiger partial charge >= 0.3 is 0 Å². The zero-order chi connectivity index (χ0) is 12.3. The molecule has 2 nitrogen and oxygen atoms in total. The number of halogens is 2. The SMILES string of the molecule is Fc1ccc(NC(=S)NC2CCCC2)c(Br)c1. The van der Waals surface area contributed by atoms with E-state index in [1.54, 1.807) is 6.07 Å². The van der Waals surface area contributed by atoms with Crippen molar-refractivity contribution >= 4 is 38.9 Å². The van der Waals surface area contributed by atoms with E-state index in [1.165, 1.54) is 37.8 Å². The Balaban J connectivity index is 1.93. The number of rotatable bonds is 2. The molecule has 1 aromatic rings. The smallest absolute Gasteiger partial charge is 0.171 e. The second kappa shape index (κ2) is 5.78. The second-order valence-electron chi connectivity index (χ2n) is 4.20. The largest absolute Gasteiger partial charge is 0.360 e. The highest BCUT2D eigenvalue weighted by molar-refractivity contribution is 9.10. The standard InChI is InChI=1S/C12H14BrFN2S/c13-10-7-8(14)5-6-11(10)16-12(17)15-9-3-1-2-4-9/h5-7,9H,1-4H2,(H2,15,16,17). The van der Waals surface area contributed by atoms with Crippen molar-refractivity contribution in [1.82, 2.24) is 5.32 Å². The number of hydrogen-bond donors (Lipinski definition) is 2. The summed E-state index contributed by atoms with van der Waals surface area (Å²) < 4.78 is 13.6. The molecule has 0 radical (unpaired) electrons. The fourth-order valence-electron chi connectivity index (χ4n) is 2.00. The first-order valence-electron chi connectivity index (χ1n) is 5.68. The molecule has 1 aliphatic rings. The zero-order valence-electron chi connectivity index (χ0n) is 9.30. The van der Waals surface area contributed by atoms with Crippen LogP contribution in [0.25, 0.3) is 0 Å². The number of anilines is 1. The Hall–Kier alpha value is -0.680. The normalized spacial score (nSPS) is 15.9. The molecular formula is C12H14BrFN2S. The molecule has 1 aliphatic carbocycles. The minimum Gasteiger partial charge on any atom is -0.360 e. The second-order valence-corrected chi connectivity index (χ2v) is 5.47. The summed E-state index contributed by atoms with van der Waals surface area (Å²) >= 11 is 8.53. The molecule has 92 valence electrons. The first kappa shape index (κ1) is 12.8. The minimum atomic E-state index is -0.267. The van der Waals surface area contributed by atoms with Crippen molar-refractivity contribution in [1.29, 1.82) is 0 Å². The molecule has 0 saturated heterocycles. The quantitative estimate of drug-likeness (QED) is 0.811. The van der Waals surface area contributed by atoms with E-state index in [2.05, 4.69) is 26.6 Å². The highest BCUT2D eigenvalue weighted by atomic mass is 79.9. The van der Waals surface area contributed by atoms with Crippen LogP contribution in [-0.2, 0) is 0 Å². The Morgan fingerprint density at radius 2 is 2.06 bits per heavy atom. The Morgan fingerprint density at radius 1 is 1.35 bits per heavy atom. The lowest BCUT2D eigenvalue weighted by Crippen LogP contribution is -2.36. The van der Waals surface area contributed by atoms with Gasteiger partial charge in [-0.25, -0.2) is 4.39 Å². The monoisotopic (exact) mass is 316 g/mol. The van der Waals surface area contributed by atoms with Crippen molar-refractivity contribution in [2.45, 2.75) is 31.7 Å². The van der Waals surface area contributed by atoms with Gasteiger partial charge < -0.3 is 10.6 Å². The van der Waals surface area contributed by atoms with E-state index in [0.29, 0.717) is 15.6 Å². The van der Waals surface area contributed by atoms with Crippen LogP contribution in [0.15, 0.2) is 22.7 Å². The fraction of sp³-hybridized carbons (Fsp3) is 0.417. The van der Waals surface area contributed by atoms with Gasteiger partial charge in [-0.3, -0.25) is 0 Å². The van der Waals surface area contributed by atoms with Crippen LogP contribution < -0.4 is 10.6 Å². The molecule has 0 spiro atoms. The predicted octanol–water partition coefficient (Wildman–Crippen LogP) is 3.82. The summed E-state index contributed by atoms with van der Waals surface area (Å²) in [4.78, 5) is 0. The number of hydrogen-bond acceptors (Lipinski definition) is 1. The molecule has 0 aliphatic heterocycles. The van der Waals surface area contributed by atoms with Crippen LogP contribution >= 0.6 is 28.1 Å². The van der Waals surface area contributed by atoms with Crippen LogP contribution in [0, 0.1) is 5.82 Å². The van der Waals surface area contributed by atoms with Gasteiger partial charge in [0.25, 0.3) is 0 Å². The molecule has 17 heavy (non-hydrogen) atoms. The predicted molar refractivity (Wildman–Crippen MR) is 75.7 cm³/mol. The van der Waals surface area contributed by atoms with Gasteiger partial charge in [0.1, 0.15) is 5.82 Å². The van der Waals surface area contributed by atoms with Crippen molar-refractivity contribution in [2.75, 3.05) is 5.32 Å². The molecule has 1 aromatic carbocycles. The van der Waals surface area contributed by atoms with Crippen molar-refractivity contribution < 1.29 is 4.39 Å². The van der Waals surface area contributed by atoms with Gasteiger partial charge in [0, 0.05) is 10.5 Å². The summed E-state index contributed by atoms with van der Waals surface area (Å²) in [6.45, 7) is 0. The first-order chi connectivity index (χ1) is 8.15. The molecule has 1 fully saturated rings. The van der Waals surface area contributed by atoms with E-state index >= 15 is 0 Å². The Bertz CT molecular complexity index is 419. The third-order valence-electron chi connectivity index (χ3n) is 2.87. The average molecular weight is 317 g/mol. The van der Waals surface area contributed by atoms with Crippen LogP contribution in [0.1, 0.15) is 25.7 Å².